The molecule has 0 amide bonds. The van der Waals surface area contributed by atoms with Gasteiger partial charge in [0.25, 0.3) is 10.0 Å². The first-order valence-electron chi connectivity index (χ1n) is 7.39. The summed E-state index contributed by atoms with van der Waals surface area (Å²) in [5, 5.41) is 0. The van der Waals surface area contributed by atoms with Crippen molar-refractivity contribution in [2.24, 2.45) is 0 Å². The Hall–Kier alpha value is -2.05. The maximum Gasteiger partial charge on any atom is 0.262 e. The van der Waals surface area contributed by atoms with Crippen molar-refractivity contribution in [2.45, 2.75) is 24.8 Å². The lowest BCUT2D eigenvalue weighted by atomic mass is 10.1. The van der Waals surface area contributed by atoms with Gasteiger partial charge in [0.1, 0.15) is 18.5 Å². The summed E-state index contributed by atoms with van der Waals surface area (Å²) in [5.74, 6) is 0.661. The maximum atomic E-state index is 12.7. The predicted octanol–water partition coefficient (Wildman–Crippen LogP) is 2.88. The van der Waals surface area contributed by atoms with Crippen molar-refractivity contribution in [2.75, 3.05) is 17.9 Å². The molecule has 1 unspecified atom stereocenters. The van der Waals surface area contributed by atoms with E-state index in [0.29, 0.717) is 29.2 Å². The topological polar surface area (TPSA) is 67.9 Å². The number of hydrogen-bond donors (Lipinski definition) is 1. The summed E-state index contributed by atoms with van der Waals surface area (Å²) in [5.41, 5.74) is 1.85. The lowest BCUT2D eigenvalue weighted by Crippen LogP contribution is -2.16. The average Bonchev–Trinajstić information content (AvgIpc) is 3.28. The van der Waals surface area contributed by atoms with Crippen LogP contribution in [0.4, 0.5) is 5.69 Å². The Morgan fingerprint density at radius 2 is 1.78 bits per heavy atom. The van der Waals surface area contributed by atoms with E-state index >= 15 is 0 Å². The first-order valence-corrected chi connectivity index (χ1v) is 8.87. The summed E-state index contributed by atoms with van der Waals surface area (Å²) in [4.78, 5) is 0.288. The van der Waals surface area contributed by atoms with E-state index in [4.69, 9.17) is 9.47 Å². The normalized spacial score (nSPS) is 16.9. The highest BCUT2D eigenvalue weighted by molar-refractivity contribution is 7.92. The van der Waals surface area contributed by atoms with Gasteiger partial charge in [-0.15, -0.1) is 0 Å². The number of ether oxygens (including phenoxy) is 2. The molecule has 1 aliphatic rings. The fourth-order valence-corrected chi connectivity index (χ4v) is 4.00. The molecule has 0 saturated carbocycles. The molecule has 122 valence electrons. The quantitative estimate of drug-likeness (QED) is 0.826. The third-order valence-corrected chi connectivity index (χ3v) is 5.25. The standard InChI is InChI=1S/C17H19NO4S/c1-12-8-15(21-10-16-11-22-16)9-13(2)17(12)23(19,20)18-14-6-4-3-5-7-14/h3-9,16,18H,10-11H2,1-2H3. The van der Waals surface area contributed by atoms with Crippen molar-refractivity contribution >= 4 is 15.7 Å². The third-order valence-electron chi connectivity index (χ3n) is 3.57. The zero-order valence-corrected chi connectivity index (χ0v) is 13.9. The first kappa shape index (κ1) is 15.8. The molecule has 2 aromatic carbocycles. The molecule has 0 bridgehead atoms. The van der Waals surface area contributed by atoms with E-state index in [9.17, 15) is 8.42 Å². The average molecular weight is 333 g/mol. The number of benzene rings is 2. The van der Waals surface area contributed by atoms with Gasteiger partial charge >= 0.3 is 0 Å². The molecule has 0 radical (unpaired) electrons. The molecule has 1 saturated heterocycles. The SMILES string of the molecule is Cc1cc(OCC2CO2)cc(C)c1S(=O)(=O)Nc1ccccc1. The van der Waals surface area contributed by atoms with Gasteiger partial charge in [-0.2, -0.15) is 0 Å². The second-order valence-electron chi connectivity index (χ2n) is 5.62. The van der Waals surface area contributed by atoms with Gasteiger partial charge in [-0.3, -0.25) is 4.72 Å². The second kappa shape index (κ2) is 6.22. The fraction of sp³-hybridized carbons (Fsp3) is 0.294. The molecule has 6 heteroatoms. The Labute approximate surface area is 136 Å². The molecule has 3 rings (SSSR count). The first-order chi connectivity index (χ1) is 11.0. The highest BCUT2D eigenvalue weighted by Gasteiger charge is 2.24. The summed E-state index contributed by atoms with van der Waals surface area (Å²) in [6.45, 7) is 4.76. The zero-order chi connectivity index (χ0) is 16.4. The molecule has 5 nitrogen and oxygen atoms in total. The van der Waals surface area contributed by atoms with E-state index in [-0.39, 0.29) is 11.0 Å². The molecule has 0 aliphatic carbocycles. The smallest absolute Gasteiger partial charge is 0.262 e. The van der Waals surface area contributed by atoms with E-state index in [1.165, 1.54) is 0 Å². The van der Waals surface area contributed by atoms with Gasteiger partial charge in [0.15, 0.2) is 0 Å². The lowest BCUT2D eigenvalue weighted by molar-refractivity contribution is 0.262. The summed E-state index contributed by atoms with van der Waals surface area (Å²) >= 11 is 0. The molecule has 1 heterocycles. The van der Waals surface area contributed by atoms with Crippen LogP contribution in [0.5, 0.6) is 5.75 Å². The molecule has 0 aromatic heterocycles. The number of sulfonamides is 1. The van der Waals surface area contributed by atoms with E-state index in [2.05, 4.69) is 4.72 Å². The minimum atomic E-state index is -3.64. The summed E-state index contributed by atoms with van der Waals surface area (Å²) in [6, 6.07) is 12.3. The van der Waals surface area contributed by atoms with Crippen LogP contribution in [0.15, 0.2) is 47.4 Å². The highest BCUT2D eigenvalue weighted by Crippen LogP contribution is 2.28. The number of epoxide rings is 1. The highest BCUT2D eigenvalue weighted by atomic mass is 32.2. The van der Waals surface area contributed by atoms with Crippen LogP contribution in [0.2, 0.25) is 0 Å². The van der Waals surface area contributed by atoms with E-state index in [1.54, 1.807) is 50.2 Å². The number of nitrogens with one attached hydrogen (secondary N) is 1. The Kier molecular flexibility index (Phi) is 4.28. The number of para-hydroxylation sites is 1. The third kappa shape index (κ3) is 3.83. The maximum absolute atomic E-state index is 12.7. The number of anilines is 1. The molecule has 1 atom stereocenters. The summed E-state index contributed by atoms with van der Waals surface area (Å²) in [6.07, 6.45) is 0.166. The minimum absolute atomic E-state index is 0.166. The van der Waals surface area contributed by atoms with Crippen LogP contribution >= 0.6 is 0 Å². The number of hydrogen-bond acceptors (Lipinski definition) is 4. The molecule has 0 spiro atoms. The number of rotatable bonds is 6. The molecular weight excluding hydrogens is 314 g/mol. The van der Waals surface area contributed by atoms with E-state index in [1.807, 2.05) is 6.07 Å². The molecule has 1 fully saturated rings. The van der Waals surface area contributed by atoms with Gasteiger partial charge in [0.05, 0.1) is 11.5 Å². The van der Waals surface area contributed by atoms with Crippen LogP contribution in [-0.2, 0) is 14.8 Å². The zero-order valence-electron chi connectivity index (χ0n) is 13.1. The van der Waals surface area contributed by atoms with Gasteiger partial charge in [-0.1, -0.05) is 18.2 Å². The monoisotopic (exact) mass is 333 g/mol. The predicted molar refractivity (Wildman–Crippen MR) is 88.4 cm³/mol. The fourth-order valence-electron chi connectivity index (χ4n) is 2.48. The van der Waals surface area contributed by atoms with Crippen LogP contribution < -0.4 is 9.46 Å². The van der Waals surface area contributed by atoms with Crippen molar-refractivity contribution in [1.82, 2.24) is 0 Å². The van der Waals surface area contributed by atoms with E-state index in [0.717, 1.165) is 6.61 Å². The van der Waals surface area contributed by atoms with Gasteiger partial charge in [-0.05, 0) is 49.2 Å². The Balaban J connectivity index is 1.85. The van der Waals surface area contributed by atoms with Crippen LogP contribution in [0.3, 0.4) is 0 Å². The van der Waals surface area contributed by atoms with Crippen LogP contribution in [-0.4, -0.2) is 27.7 Å². The van der Waals surface area contributed by atoms with Crippen molar-refractivity contribution in [1.29, 1.82) is 0 Å². The van der Waals surface area contributed by atoms with Gasteiger partial charge in [-0.25, -0.2) is 8.42 Å². The summed E-state index contributed by atoms with van der Waals surface area (Å²) in [7, 11) is -3.64. The van der Waals surface area contributed by atoms with Crippen molar-refractivity contribution in [3.05, 3.63) is 53.6 Å². The largest absolute Gasteiger partial charge is 0.491 e. The molecule has 23 heavy (non-hydrogen) atoms. The van der Waals surface area contributed by atoms with Gasteiger partial charge in [0.2, 0.25) is 0 Å². The Morgan fingerprint density at radius 3 is 2.35 bits per heavy atom. The van der Waals surface area contributed by atoms with Crippen molar-refractivity contribution < 1.29 is 17.9 Å². The van der Waals surface area contributed by atoms with Gasteiger partial charge in [0, 0.05) is 5.69 Å². The van der Waals surface area contributed by atoms with Crippen LogP contribution in [0.25, 0.3) is 0 Å². The molecule has 1 N–H and O–H groups in total. The lowest BCUT2D eigenvalue weighted by Gasteiger charge is -2.15. The Bertz CT molecular complexity index is 776. The van der Waals surface area contributed by atoms with E-state index < -0.39 is 10.0 Å². The Morgan fingerprint density at radius 1 is 1.17 bits per heavy atom. The second-order valence-corrected chi connectivity index (χ2v) is 7.24. The number of aryl methyl sites for hydroxylation is 2. The van der Waals surface area contributed by atoms with Gasteiger partial charge < -0.3 is 9.47 Å². The molecule has 1 aliphatic heterocycles. The molecular formula is C17H19NO4S. The molecule has 2 aromatic rings. The summed E-state index contributed by atoms with van der Waals surface area (Å²) < 4.78 is 38.7. The van der Waals surface area contributed by atoms with Crippen LogP contribution in [0, 0.1) is 13.8 Å². The van der Waals surface area contributed by atoms with Crippen LogP contribution in [0.1, 0.15) is 11.1 Å². The minimum Gasteiger partial charge on any atom is -0.491 e. The van der Waals surface area contributed by atoms with Crippen molar-refractivity contribution in [3.8, 4) is 5.75 Å². The van der Waals surface area contributed by atoms with Crippen molar-refractivity contribution in [3.63, 3.8) is 0 Å².